The maximum absolute atomic E-state index is 12.3. The molecular weight excluding hydrogens is 205 g/mol. The second-order valence-electron chi connectivity index (χ2n) is 4.68. The van der Waals surface area contributed by atoms with Crippen LogP contribution < -0.4 is 0 Å². The standard InChI is InChI=1S/C10H17F3N2/c1-8-5-14-4-2-3-9(14)6-15(8)7-10(11,12)13/h8-9H,2-7H2,1H3. The van der Waals surface area contributed by atoms with Gasteiger partial charge in [0.25, 0.3) is 0 Å². The number of nitrogens with zero attached hydrogens (tertiary/aromatic N) is 2. The Balaban J connectivity index is 1.95. The lowest BCUT2D eigenvalue weighted by Crippen LogP contribution is -2.56. The first-order valence-electron chi connectivity index (χ1n) is 5.50. The summed E-state index contributed by atoms with van der Waals surface area (Å²) >= 11 is 0. The summed E-state index contributed by atoms with van der Waals surface area (Å²) in [6.07, 6.45) is -1.87. The molecule has 0 aromatic carbocycles. The molecule has 0 spiro atoms. The van der Waals surface area contributed by atoms with Crippen molar-refractivity contribution < 1.29 is 13.2 Å². The number of rotatable bonds is 1. The number of halogens is 3. The fourth-order valence-corrected chi connectivity index (χ4v) is 2.70. The van der Waals surface area contributed by atoms with E-state index in [1.165, 1.54) is 0 Å². The van der Waals surface area contributed by atoms with E-state index in [0.717, 1.165) is 25.9 Å². The van der Waals surface area contributed by atoms with E-state index >= 15 is 0 Å². The molecule has 0 radical (unpaired) electrons. The first kappa shape index (κ1) is 11.2. The third-order valence-corrected chi connectivity index (χ3v) is 3.45. The lowest BCUT2D eigenvalue weighted by atomic mass is 10.1. The highest BCUT2D eigenvalue weighted by atomic mass is 19.4. The fraction of sp³-hybridized carbons (Fsp3) is 1.00. The van der Waals surface area contributed by atoms with Crippen molar-refractivity contribution >= 4 is 0 Å². The monoisotopic (exact) mass is 222 g/mol. The summed E-state index contributed by atoms with van der Waals surface area (Å²) in [5.74, 6) is 0. The zero-order valence-corrected chi connectivity index (χ0v) is 8.93. The Morgan fingerprint density at radius 2 is 2.00 bits per heavy atom. The Kier molecular flexibility index (Phi) is 2.94. The van der Waals surface area contributed by atoms with E-state index in [1.54, 1.807) is 4.90 Å². The summed E-state index contributed by atoms with van der Waals surface area (Å²) in [6.45, 7) is 3.58. The van der Waals surface area contributed by atoms with Crippen molar-refractivity contribution in [3.05, 3.63) is 0 Å². The van der Waals surface area contributed by atoms with E-state index in [2.05, 4.69) is 4.90 Å². The summed E-state index contributed by atoms with van der Waals surface area (Å²) in [7, 11) is 0. The summed E-state index contributed by atoms with van der Waals surface area (Å²) < 4.78 is 36.9. The highest BCUT2D eigenvalue weighted by Gasteiger charge is 2.39. The van der Waals surface area contributed by atoms with Crippen molar-refractivity contribution in [2.24, 2.45) is 0 Å². The molecule has 0 saturated carbocycles. The van der Waals surface area contributed by atoms with Gasteiger partial charge in [-0.05, 0) is 26.3 Å². The van der Waals surface area contributed by atoms with Crippen molar-refractivity contribution in [3.8, 4) is 0 Å². The highest BCUT2D eigenvalue weighted by molar-refractivity contribution is 4.91. The average Bonchev–Trinajstić information content (AvgIpc) is 2.49. The molecule has 0 N–H and O–H groups in total. The molecular formula is C10H17F3N2. The van der Waals surface area contributed by atoms with Gasteiger partial charge in [-0.15, -0.1) is 0 Å². The molecule has 2 aliphatic heterocycles. The number of hydrogen-bond donors (Lipinski definition) is 0. The topological polar surface area (TPSA) is 6.48 Å². The molecule has 2 nitrogen and oxygen atoms in total. The second-order valence-corrected chi connectivity index (χ2v) is 4.68. The summed E-state index contributed by atoms with van der Waals surface area (Å²) in [5, 5.41) is 0. The van der Waals surface area contributed by atoms with Crippen LogP contribution in [-0.4, -0.2) is 54.2 Å². The molecule has 5 heteroatoms. The van der Waals surface area contributed by atoms with Crippen LogP contribution in [0.4, 0.5) is 13.2 Å². The molecule has 88 valence electrons. The quantitative estimate of drug-likeness (QED) is 0.666. The van der Waals surface area contributed by atoms with E-state index in [1.807, 2.05) is 6.92 Å². The maximum atomic E-state index is 12.3. The Hall–Kier alpha value is -0.290. The van der Waals surface area contributed by atoms with Gasteiger partial charge in [-0.25, -0.2) is 0 Å². The second kappa shape index (κ2) is 3.94. The molecule has 0 aliphatic carbocycles. The first-order valence-corrected chi connectivity index (χ1v) is 5.50. The minimum absolute atomic E-state index is 0.0287. The molecule has 2 atom stereocenters. The molecule has 0 aromatic heterocycles. The Bertz CT molecular complexity index is 229. The first-order chi connectivity index (χ1) is 6.96. The molecule has 2 rings (SSSR count). The zero-order chi connectivity index (χ0) is 11.1. The molecule has 2 heterocycles. The van der Waals surface area contributed by atoms with Crippen LogP contribution in [0, 0.1) is 0 Å². The van der Waals surface area contributed by atoms with Crippen LogP contribution in [0.5, 0.6) is 0 Å². The summed E-state index contributed by atoms with van der Waals surface area (Å²) in [6, 6.07) is 0.393. The predicted molar refractivity (Wildman–Crippen MR) is 51.7 cm³/mol. The SMILES string of the molecule is CC1CN2CCCC2CN1CC(F)(F)F. The third-order valence-electron chi connectivity index (χ3n) is 3.45. The zero-order valence-electron chi connectivity index (χ0n) is 8.93. The molecule has 0 bridgehead atoms. The molecule has 0 aromatic rings. The van der Waals surface area contributed by atoms with E-state index in [0.29, 0.717) is 12.6 Å². The van der Waals surface area contributed by atoms with Crippen molar-refractivity contribution in [2.45, 2.75) is 38.0 Å². The van der Waals surface area contributed by atoms with E-state index in [9.17, 15) is 13.2 Å². The van der Waals surface area contributed by atoms with Gasteiger partial charge in [0.05, 0.1) is 6.54 Å². The van der Waals surface area contributed by atoms with Gasteiger partial charge in [-0.3, -0.25) is 9.80 Å². The summed E-state index contributed by atoms with van der Waals surface area (Å²) in [5.41, 5.74) is 0. The van der Waals surface area contributed by atoms with Crippen LogP contribution in [0.3, 0.4) is 0 Å². The van der Waals surface area contributed by atoms with E-state index < -0.39 is 12.7 Å². The van der Waals surface area contributed by atoms with Crippen LogP contribution in [0.1, 0.15) is 19.8 Å². The number of alkyl halides is 3. The maximum Gasteiger partial charge on any atom is 0.401 e. The van der Waals surface area contributed by atoms with Crippen LogP contribution in [0.15, 0.2) is 0 Å². The molecule has 0 amide bonds. The van der Waals surface area contributed by atoms with Gasteiger partial charge in [-0.2, -0.15) is 13.2 Å². The minimum atomic E-state index is -4.06. The van der Waals surface area contributed by atoms with Gasteiger partial charge in [0.15, 0.2) is 0 Å². The van der Waals surface area contributed by atoms with Gasteiger partial charge >= 0.3 is 6.18 Å². The number of hydrogen-bond acceptors (Lipinski definition) is 2. The van der Waals surface area contributed by atoms with E-state index in [-0.39, 0.29) is 6.04 Å². The van der Waals surface area contributed by atoms with Crippen LogP contribution >= 0.6 is 0 Å². The van der Waals surface area contributed by atoms with Crippen LogP contribution in [0.2, 0.25) is 0 Å². The average molecular weight is 222 g/mol. The predicted octanol–water partition coefficient (Wildman–Crippen LogP) is 1.72. The number of piperazine rings is 1. The highest BCUT2D eigenvalue weighted by Crippen LogP contribution is 2.27. The van der Waals surface area contributed by atoms with Crippen LogP contribution in [0.25, 0.3) is 0 Å². The van der Waals surface area contributed by atoms with Gasteiger partial charge in [0.2, 0.25) is 0 Å². The van der Waals surface area contributed by atoms with Crippen molar-refractivity contribution in [2.75, 3.05) is 26.2 Å². The molecule has 2 fully saturated rings. The van der Waals surface area contributed by atoms with Gasteiger partial charge in [0, 0.05) is 25.2 Å². The molecule has 2 unspecified atom stereocenters. The molecule has 2 aliphatic rings. The lowest BCUT2D eigenvalue weighted by molar-refractivity contribution is -0.156. The van der Waals surface area contributed by atoms with Crippen LogP contribution in [-0.2, 0) is 0 Å². The van der Waals surface area contributed by atoms with E-state index in [4.69, 9.17) is 0 Å². The summed E-state index contributed by atoms with van der Waals surface area (Å²) in [4.78, 5) is 3.91. The van der Waals surface area contributed by atoms with Gasteiger partial charge < -0.3 is 0 Å². The van der Waals surface area contributed by atoms with Gasteiger partial charge in [0.1, 0.15) is 0 Å². The fourth-order valence-electron chi connectivity index (χ4n) is 2.70. The third kappa shape index (κ3) is 2.64. The largest absolute Gasteiger partial charge is 0.401 e. The number of fused-ring (bicyclic) bond motifs is 1. The minimum Gasteiger partial charge on any atom is -0.298 e. The van der Waals surface area contributed by atoms with Gasteiger partial charge in [-0.1, -0.05) is 0 Å². The Morgan fingerprint density at radius 1 is 1.27 bits per heavy atom. The van der Waals surface area contributed by atoms with Crippen molar-refractivity contribution in [1.82, 2.24) is 9.80 Å². The normalized spacial score (nSPS) is 34.4. The molecule has 2 saturated heterocycles. The molecule has 15 heavy (non-hydrogen) atoms. The lowest BCUT2D eigenvalue weighted by Gasteiger charge is -2.42. The van der Waals surface area contributed by atoms with Crippen molar-refractivity contribution in [1.29, 1.82) is 0 Å². The smallest absolute Gasteiger partial charge is 0.298 e. The Labute approximate surface area is 88.0 Å². The van der Waals surface area contributed by atoms with Crippen molar-refractivity contribution in [3.63, 3.8) is 0 Å². The Morgan fingerprint density at radius 3 is 2.67 bits per heavy atom.